The van der Waals surface area contributed by atoms with Crippen molar-refractivity contribution in [1.29, 1.82) is 0 Å². The lowest BCUT2D eigenvalue weighted by molar-refractivity contribution is -0.138. The second-order valence-electron chi connectivity index (χ2n) is 4.46. The van der Waals surface area contributed by atoms with E-state index in [1.54, 1.807) is 17.3 Å². The van der Waals surface area contributed by atoms with E-state index in [2.05, 4.69) is 4.98 Å². The molecule has 1 aliphatic heterocycles. The molecule has 1 saturated heterocycles. The number of aromatic nitrogens is 1. The summed E-state index contributed by atoms with van der Waals surface area (Å²) in [7, 11) is 1.78. The van der Waals surface area contributed by atoms with Gasteiger partial charge in [-0.1, -0.05) is 0 Å². The summed E-state index contributed by atoms with van der Waals surface area (Å²) >= 11 is 1.32. The standard InChI is InChI=1S/C11H16N4O3S/c1-14-3-2-4-15(5-8(14)16)11-13-7(6-19-11)9(12)10(17)18/h6,9H,2-5,12H2,1H3,(H,17,18). The highest BCUT2D eigenvalue weighted by atomic mass is 32.1. The van der Waals surface area contributed by atoms with Gasteiger partial charge < -0.3 is 20.6 Å². The predicted molar refractivity (Wildman–Crippen MR) is 71.1 cm³/mol. The van der Waals surface area contributed by atoms with E-state index in [0.717, 1.165) is 19.5 Å². The Morgan fingerprint density at radius 1 is 1.58 bits per heavy atom. The van der Waals surface area contributed by atoms with Gasteiger partial charge in [0, 0.05) is 25.5 Å². The first-order valence-corrected chi connectivity index (χ1v) is 6.79. The normalized spacial score (nSPS) is 18.3. The highest BCUT2D eigenvalue weighted by Crippen LogP contribution is 2.24. The van der Waals surface area contributed by atoms with E-state index in [1.807, 2.05) is 4.90 Å². The average molecular weight is 284 g/mol. The maximum atomic E-state index is 11.8. The Balaban J connectivity index is 2.14. The lowest BCUT2D eigenvalue weighted by Crippen LogP contribution is -2.34. The fourth-order valence-electron chi connectivity index (χ4n) is 1.84. The molecule has 1 amide bonds. The molecule has 1 aliphatic rings. The maximum Gasteiger partial charge on any atom is 0.326 e. The smallest absolute Gasteiger partial charge is 0.326 e. The van der Waals surface area contributed by atoms with Crippen LogP contribution in [0, 0.1) is 0 Å². The molecule has 1 fully saturated rings. The van der Waals surface area contributed by atoms with E-state index < -0.39 is 12.0 Å². The number of amides is 1. The lowest BCUT2D eigenvalue weighted by Gasteiger charge is -2.18. The zero-order valence-electron chi connectivity index (χ0n) is 10.6. The van der Waals surface area contributed by atoms with Crippen LogP contribution in [0.5, 0.6) is 0 Å². The van der Waals surface area contributed by atoms with E-state index in [-0.39, 0.29) is 12.5 Å². The van der Waals surface area contributed by atoms with Crippen molar-refractivity contribution in [3.05, 3.63) is 11.1 Å². The van der Waals surface area contributed by atoms with Crippen LogP contribution in [-0.2, 0) is 9.59 Å². The van der Waals surface area contributed by atoms with Crippen molar-refractivity contribution in [2.75, 3.05) is 31.6 Å². The molecule has 0 aliphatic carbocycles. The van der Waals surface area contributed by atoms with Crippen LogP contribution in [-0.4, -0.2) is 53.5 Å². The quantitative estimate of drug-likeness (QED) is 0.804. The molecule has 3 N–H and O–H groups in total. The van der Waals surface area contributed by atoms with Crippen LogP contribution < -0.4 is 10.6 Å². The summed E-state index contributed by atoms with van der Waals surface area (Å²) in [6.07, 6.45) is 0.863. The molecule has 8 heteroatoms. The number of nitrogens with two attached hydrogens (primary N) is 1. The largest absolute Gasteiger partial charge is 0.480 e. The first kappa shape index (κ1) is 13.8. The van der Waals surface area contributed by atoms with E-state index >= 15 is 0 Å². The molecule has 2 rings (SSSR count). The molecule has 0 bridgehead atoms. The Morgan fingerprint density at radius 3 is 3.00 bits per heavy atom. The topological polar surface area (TPSA) is 99.8 Å². The van der Waals surface area contributed by atoms with Crippen molar-refractivity contribution in [2.45, 2.75) is 12.5 Å². The number of thiazole rings is 1. The van der Waals surface area contributed by atoms with Crippen LogP contribution in [0.2, 0.25) is 0 Å². The molecule has 0 radical (unpaired) electrons. The molecule has 1 atom stereocenters. The van der Waals surface area contributed by atoms with Crippen LogP contribution in [0.15, 0.2) is 5.38 Å². The number of hydrogen-bond acceptors (Lipinski definition) is 6. The summed E-state index contributed by atoms with van der Waals surface area (Å²) in [6.45, 7) is 1.72. The van der Waals surface area contributed by atoms with Crippen LogP contribution in [0.4, 0.5) is 5.13 Å². The van der Waals surface area contributed by atoms with Crippen molar-refractivity contribution >= 4 is 28.3 Å². The SMILES string of the molecule is CN1CCCN(c2nc(C(N)C(=O)O)cs2)CC1=O. The van der Waals surface area contributed by atoms with Crippen LogP contribution in [0.1, 0.15) is 18.2 Å². The van der Waals surface area contributed by atoms with Crippen molar-refractivity contribution < 1.29 is 14.7 Å². The molecule has 0 saturated carbocycles. The predicted octanol–water partition coefficient (Wildman–Crippen LogP) is -0.104. The third-order valence-electron chi connectivity index (χ3n) is 3.04. The highest BCUT2D eigenvalue weighted by molar-refractivity contribution is 7.13. The number of carbonyl (C=O) groups excluding carboxylic acids is 1. The van der Waals surface area contributed by atoms with E-state index in [4.69, 9.17) is 10.8 Å². The maximum absolute atomic E-state index is 11.8. The minimum absolute atomic E-state index is 0.0387. The first-order chi connectivity index (χ1) is 8.99. The van der Waals surface area contributed by atoms with Crippen molar-refractivity contribution in [3.63, 3.8) is 0 Å². The van der Waals surface area contributed by atoms with Gasteiger partial charge in [0.25, 0.3) is 0 Å². The Kier molecular flexibility index (Phi) is 4.01. The monoisotopic (exact) mass is 284 g/mol. The summed E-state index contributed by atoms with van der Waals surface area (Å²) in [6, 6.07) is -1.12. The molecule has 1 unspecified atom stereocenters. The van der Waals surface area contributed by atoms with Crippen LogP contribution in [0.3, 0.4) is 0 Å². The number of anilines is 1. The molecular weight excluding hydrogens is 268 g/mol. The zero-order valence-corrected chi connectivity index (χ0v) is 11.4. The second-order valence-corrected chi connectivity index (χ2v) is 5.30. The minimum Gasteiger partial charge on any atom is -0.480 e. The third kappa shape index (κ3) is 3.02. The third-order valence-corrected chi connectivity index (χ3v) is 3.96. The Morgan fingerprint density at radius 2 is 2.32 bits per heavy atom. The van der Waals surface area contributed by atoms with Crippen molar-refractivity contribution in [2.24, 2.45) is 5.73 Å². The molecule has 7 nitrogen and oxygen atoms in total. The van der Waals surface area contributed by atoms with E-state index in [1.165, 1.54) is 11.3 Å². The summed E-state index contributed by atoms with van der Waals surface area (Å²) < 4.78 is 0. The fourth-order valence-corrected chi connectivity index (χ4v) is 2.73. The summed E-state index contributed by atoms with van der Waals surface area (Å²) in [5.74, 6) is -1.07. The van der Waals surface area contributed by atoms with Crippen LogP contribution in [0.25, 0.3) is 0 Å². The van der Waals surface area contributed by atoms with Crippen molar-refractivity contribution in [3.8, 4) is 0 Å². The number of hydrogen-bond donors (Lipinski definition) is 2. The highest BCUT2D eigenvalue weighted by Gasteiger charge is 2.23. The second kappa shape index (κ2) is 5.54. The minimum atomic E-state index is -1.12. The molecule has 0 aromatic carbocycles. The number of rotatable bonds is 3. The van der Waals surface area contributed by atoms with Gasteiger partial charge in [0.2, 0.25) is 5.91 Å². The average Bonchev–Trinajstić information content (AvgIpc) is 2.79. The van der Waals surface area contributed by atoms with Crippen molar-refractivity contribution in [1.82, 2.24) is 9.88 Å². The number of carboxylic acid groups (broad SMARTS) is 1. The lowest BCUT2D eigenvalue weighted by atomic mass is 10.2. The molecule has 104 valence electrons. The number of likely N-dealkylation sites (N-methyl/N-ethyl adjacent to an activating group) is 1. The Bertz CT molecular complexity index is 490. The van der Waals surface area contributed by atoms with Gasteiger partial charge in [0.1, 0.15) is 6.04 Å². The molecule has 1 aromatic heterocycles. The van der Waals surface area contributed by atoms with Gasteiger partial charge >= 0.3 is 5.97 Å². The zero-order chi connectivity index (χ0) is 14.0. The number of aliphatic carboxylic acids is 1. The Labute approximate surface area is 114 Å². The number of carbonyl (C=O) groups is 2. The van der Waals surface area contributed by atoms with E-state index in [0.29, 0.717) is 10.8 Å². The van der Waals surface area contributed by atoms with Gasteiger partial charge in [-0.25, -0.2) is 4.98 Å². The molecule has 0 spiro atoms. The fraction of sp³-hybridized carbons (Fsp3) is 0.545. The summed E-state index contributed by atoms with van der Waals surface area (Å²) in [4.78, 5) is 30.4. The molecule has 19 heavy (non-hydrogen) atoms. The van der Waals surface area contributed by atoms with Crippen LogP contribution >= 0.6 is 11.3 Å². The van der Waals surface area contributed by atoms with Gasteiger partial charge in [0.05, 0.1) is 12.2 Å². The molecule has 1 aromatic rings. The summed E-state index contributed by atoms with van der Waals surface area (Å²) in [5.41, 5.74) is 5.84. The van der Waals surface area contributed by atoms with E-state index in [9.17, 15) is 9.59 Å². The molecule has 2 heterocycles. The van der Waals surface area contributed by atoms with Gasteiger partial charge in [-0.3, -0.25) is 9.59 Å². The van der Waals surface area contributed by atoms with Gasteiger partial charge in [-0.2, -0.15) is 0 Å². The van der Waals surface area contributed by atoms with Gasteiger partial charge in [-0.05, 0) is 6.42 Å². The first-order valence-electron chi connectivity index (χ1n) is 5.91. The Hall–Kier alpha value is -1.67. The number of carboxylic acids is 1. The molecular formula is C11H16N4O3S. The number of nitrogens with zero attached hydrogens (tertiary/aromatic N) is 3. The van der Waals surface area contributed by atoms with Gasteiger partial charge in [-0.15, -0.1) is 11.3 Å². The van der Waals surface area contributed by atoms with Gasteiger partial charge in [0.15, 0.2) is 5.13 Å². The summed E-state index contributed by atoms with van der Waals surface area (Å²) in [5, 5.41) is 11.1.